The number of hydrogen-bond donors (Lipinski definition) is 0. The zero-order valence-electron chi connectivity index (χ0n) is 12.2. The third-order valence-electron chi connectivity index (χ3n) is 6.02. The molecular weight excluding hydrogens is 244 g/mol. The van der Waals surface area contributed by atoms with E-state index in [2.05, 4.69) is 30.0 Å². The third kappa shape index (κ3) is 1.54. The number of hydrogen-bond acceptors (Lipinski definition) is 2. The highest BCUT2D eigenvalue weighted by Crippen LogP contribution is 2.50. The molecule has 104 valence electrons. The molecule has 2 heteroatoms. The van der Waals surface area contributed by atoms with Crippen LogP contribution < -0.4 is 0 Å². The molecule has 2 nitrogen and oxygen atoms in total. The Morgan fingerprint density at radius 2 is 1.85 bits per heavy atom. The highest BCUT2D eigenvalue weighted by molar-refractivity contribution is 5.90. The Balaban J connectivity index is 1.64. The van der Waals surface area contributed by atoms with Gasteiger partial charge in [0.2, 0.25) is 0 Å². The van der Waals surface area contributed by atoms with E-state index in [-0.39, 0.29) is 0 Å². The lowest BCUT2D eigenvalue weighted by molar-refractivity contribution is 0.128. The van der Waals surface area contributed by atoms with Gasteiger partial charge in [0.15, 0.2) is 0 Å². The van der Waals surface area contributed by atoms with Gasteiger partial charge >= 0.3 is 0 Å². The first-order valence-corrected chi connectivity index (χ1v) is 8.21. The highest BCUT2D eigenvalue weighted by atomic mass is 15.2. The third-order valence-corrected chi connectivity index (χ3v) is 6.02. The number of rotatable bonds is 0. The van der Waals surface area contributed by atoms with E-state index in [1.807, 2.05) is 0 Å². The van der Waals surface area contributed by atoms with Crippen LogP contribution in [0.25, 0.3) is 0 Å². The maximum absolute atomic E-state index is 5.11. The summed E-state index contributed by atoms with van der Waals surface area (Å²) < 4.78 is 0. The Kier molecular flexibility index (Phi) is 2.20. The summed E-state index contributed by atoms with van der Waals surface area (Å²) in [6.07, 6.45) is 7.16. The fourth-order valence-corrected chi connectivity index (χ4v) is 5.32. The lowest BCUT2D eigenvalue weighted by Crippen LogP contribution is -2.41. The van der Waals surface area contributed by atoms with E-state index in [4.69, 9.17) is 4.99 Å². The lowest BCUT2D eigenvalue weighted by Gasteiger charge is -2.39. The molecular formula is C18H22N2. The first kappa shape index (κ1) is 11.4. The fourth-order valence-electron chi connectivity index (χ4n) is 5.32. The summed E-state index contributed by atoms with van der Waals surface area (Å²) in [6, 6.07) is 7.55. The first-order valence-electron chi connectivity index (χ1n) is 8.21. The van der Waals surface area contributed by atoms with Crippen LogP contribution >= 0.6 is 0 Å². The maximum Gasteiger partial charge on any atom is 0.108 e. The van der Waals surface area contributed by atoms with Gasteiger partial charge in [0.1, 0.15) is 5.84 Å². The summed E-state index contributed by atoms with van der Waals surface area (Å²) >= 11 is 0. The van der Waals surface area contributed by atoms with Gasteiger partial charge in [-0.25, -0.2) is 4.99 Å². The van der Waals surface area contributed by atoms with Gasteiger partial charge in [-0.3, -0.25) is 0 Å². The van der Waals surface area contributed by atoms with Crippen molar-refractivity contribution in [1.82, 2.24) is 4.90 Å². The Morgan fingerprint density at radius 1 is 1.05 bits per heavy atom. The molecule has 3 heterocycles. The van der Waals surface area contributed by atoms with Crippen molar-refractivity contribution >= 4 is 11.5 Å². The Bertz CT molecular complexity index is 589. The van der Waals surface area contributed by atoms with Gasteiger partial charge < -0.3 is 4.90 Å². The Hall–Kier alpha value is -1.31. The standard InChI is InChI=1S/C18H22N2/c1-11-2-3-17-15(4-11)10-20-16-8-12-5-13(9-16)7-14(6-12)18(20)19-17/h2-4,12-14,16H,5-10H2,1H3/t12-,13-,14?,16?/m0/s1. The predicted octanol–water partition coefficient (Wildman–Crippen LogP) is 4.05. The smallest absolute Gasteiger partial charge is 0.108 e. The molecule has 3 aliphatic heterocycles. The van der Waals surface area contributed by atoms with E-state index < -0.39 is 0 Å². The largest absolute Gasteiger partial charge is 0.352 e. The minimum absolute atomic E-state index is 0.751. The SMILES string of the molecule is Cc1ccc2c(c1)CN1C(=N2)C2C[C@H]3CC1C[C@H](C2)C3. The molecule has 6 rings (SSSR count). The van der Waals surface area contributed by atoms with Gasteiger partial charge in [0.05, 0.1) is 5.69 Å². The molecule has 0 radical (unpaired) electrons. The van der Waals surface area contributed by atoms with Gasteiger partial charge in [0.25, 0.3) is 0 Å². The second kappa shape index (κ2) is 3.87. The van der Waals surface area contributed by atoms with Crippen molar-refractivity contribution in [3.63, 3.8) is 0 Å². The number of aliphatic imine (C=N–C) groups is 1. The summed E-state index contributed by atoms with van der Waals surface area (Å²) in [5, 5.41) is 0. The van der Waals surface area contributed by atoms with E-state index in [1.165, 1.54) is 54.8 Å². The molecule has 0 amide bonds. The lowest BCUT2D eigenvalue weighted by atomic mass is 9.68. The topological polar surface area (TPSA) is 15.6 Å². The predicted molar refractivity (Wildman–Crippen MR) is 81.2 cm³/mol. The Labute approximate surface area is 120 Å². The van der Waals surface area contributed by atoms with Crippen molar-refractivity contribution in [1.29, 1.82) is 0 Å². The van der Waals surface area contributed by atoms with Crippen LogP contribution in [-0.4, -0.2) is 16.8 Å². The van der Waals surface area contributed by atoms with E-state index in [0.29, 0.717) is 0 Å². The van der Waals surface area contributed by atoms with Crippen LogP contribution in [0.2, 0.25) is 0 Å². The van der Waals surface area contributed by atoms with Gasteiger partial charge in [-0.15, -0.1) is 0 Å². The van der Waals surface area contributed by atoms with Crippen LogP contribution in [0.3, 0.4) is 0 Å². The molecule has 4 bridgehead atoms. The average molecular weight is 266 g/mol. The number of amidine groups is 1. The molecule has 2 saturated heterocycles. The molecule has 0 spiro atoms. The van der Waals surface area contributed by atoms with Crippen molar-refractivity contribution in [2.45, 2.75) is 51.6 Å². The molecule has 1 aromatic carbocycles. The molecule has 0 aromatic heterocycles. The summed E-state index contributed by atoms with van der Waals surface area (Å²) in [7, 11) is 0. The summed E-state index contributed by atoms with van der Waals surface area (Å²) in [4.78, 5) is 7.79. The van der Waals surface area contributed by atoms with Crippen LogP contribution in [0.5, 0.6) is 0 Å². The highest BCUT2D eigenvalue weighted by Gasteiger charge is 2.46. The molecule has 2 aliphatic carbocycles. The van der Waals surface area contributed by atoms with Crippen LogP contribution in [-0.2, 0) is 6.54 Å². The van der Waals surface area contributed by atoms with Gasteiger partial charge in [-0.1, -0.05) is 17.7 Å². The molecule has 1 aromatic rings. The molecule has 2 atom stereocenters. The minimum atomic E-state index is 0.751. The normalized spacial score (nSPS) is 37.2. The van der Waals surface area contributed by atoms with E-state index in [0.717, 1.165) is 30.3 Å². The van der Waals surface area contributed by atoms with E-state index in [1.54, 1.807) is 0 Å². The van der Waals surface area contributed by atoms with E-state index in [9.17, 15) is 0 Å². The molecule has 20 heavy (non-hydrogen) atoms. The van der Waals surface area contributed by atoms with Crippen molar-refractivity contribution < 1.29 is 0 Å². The van der Waals surface area contributed by atoms with Crippen molar-refractivity contribution in [2.75, 3.05) is 0 Å². The monoisotopic (exact) mass is 266 g/mol. The van der Waals surface area contributed by atoms with Crippen LogP contribution in [0.4, 0.5) is 5.69 Å². The van der Waals surface area contributed by atoms with Gasteiger partial charge in [-0.2, -0.15) is 0 Å². The first-order chi connectivity index (χ1) is 9.76. The fraction of sp³-hybridized carbons (Fsp3) is 0.611. The number of benzene rings is 1. The molecule has 2 saturated carbocycles. The van der Waals surface area contributed by atoms with Gasteiger partial charge in [0, 0.05) is 18.5 Å². The molecule has 5 aliphatic rings. The molecule has 0 unspecified atom stereocenters. The second-order valence-electron chi connectivity index (χ2n) is 7.49. The second-order valence-corrected chi connectivity index (χ2v) is 7.49. The minimum Gasteiger partial charge on any atom is -0.352 e. The van der Waals surface area contributed by atoms with Crippen molar-refractivity contribution in [3.8, 4) is 0 Å². The summed E-state index contributed by atoms with van der Waals surface area (Å²) in [6.45, 7) is 3.30. The van der Waals surface area contributed by atoms with Crippen molar-refractivity contribution in [2.24, 2.45) is 22.7 Å². The zero-order valence-corrected chi connectivity index (χ0v) is 12.2. The van der Waals surface area contributed by atoms with Crippen LogP contribution in [0.15, 0.2) is 23.2 Å². The number of aryl methyl sites for hydroxylation is 1. The molecule has 0 N–H and O–H groups in total. The van der Waals surface area contributed by atoms with Gasteiger partial charge in [-0.05, 0) is 62.5 Å². The maximum atomic E-state index is 5.11. The van der Waals surface area contributed by atoms with Crippen LogP contribution in [0.1, 0.15) is 43.2 Å². The molecule has 4 fully saturated rings. The average Bonchev–Trinajstić information content (AvgIpc) is 2.59. The van der Waals surface area contributed by atoms with Crippen LogP contribution in [0, 0.1) is 24.7 Å². The quantitative estimate of drug-likeness (QED) is 0.691. The summed E-state index contributed by atoms with van der Waals surface area (Å²) in [5.41, 5.74) is 4.04. The summed E-state index contributed by atoms with van der Waals surface area (Å²) in [5.74, 6) is 4.16. The zero-order chi connectivity index (χ0) is 13.3. The Morgan fingerprint density at radius 3 is 2.65 bits per heavy atom. The van der Waals surface area contributed by atoms with E-state index >= 15 is 0 Å². The number of fused-ring (bicyclic) bond motifs is 1. The van der Waals surface area contributed by atoms with Crippen molar-refractivity contribution in [3.05, 3.63) is 29.3 Å². The number of nitrogens with zero attached hydrogens (tertiary/aromatic N) is 2.